The van der Waals surface area contributed by atoms with Gasteiger partial charge in [-0.1, -0.05) is 26.8 Å². The maximum absolute atomic E-state index is 4.67. The first kappa shape index (κ1) is 13.5. The van der Waals surface area contributed by atoms with Crippen LogP contribution >= 0.6 is 0 Å². The molecule has 1 aromatic rings. The van der Waals surface area contributed by atoms with Gasteiger partial charge in [-0.15, -0.1) is 0 Å². The molecule has 0 amide bonds. The largest absolute Gasteiger partial charge is 0.316 e. The van der Waals surface area contributed by atoms with Crippen LogP contribution in [0.5, 0.6) is 0 Å². The van der Waals surface area contributed by atoms with Gasteiger partial charge in [-0.2, -0.15) is 0 Å². The minimum atomic E-state index is 0.541. The Morgan fingerprint density at radius 1 is 1.33 bits per heavy atom. The second-order valence-electron chi connectivity index (χ2n) is 5.96. The fraction of sp³-hybridized carbons (Fsp3) is 0.688. The van der Waals surface area contributed by atoms with E-state index in [0.717, 1.165) is 0 Å². The molecule has 0 bridgehead atoms. The monoisotopic (exact) mass is 246 g/mol. The van der Waals surface area contributed by atoms with Crippen LogP contribution in [0.1, 0.15) is 50.8 Å². The van der Waals surface area contributed by atoms with Crippen molar-refractivity contribution in [2.24, 2.45) is 11.8 Å². The lowest BCUT2D eigenvalue weighted by atomic mass is 9.75. The van der Waals surface area contributed by atoms with Crippen molar-refractivity contribution in [3.8, 4) is 0 Å². The third-order valence-corrected chi connectivity index (χ3v) is 4.62. The molecule has 0 saturated heterocycles. The molecule has 18 heavy (non-hydrogen) atoms. The average Bonchev–Trinajstić information content (AvgIpc) is 2.39. The van der Waals surface area contributed by atoms with Gasteiger partial charge in [0.25, 0.3) is 0 Å². The summed E-state index contributed by atoms with van der Waals surface area (Å²) in [6, 6.07) is 4.86. The number of pyridine rings is 1. The van der Waals surface area contributed by atoms with Crippen molar-refractivity contribution < 1.29 is 0 Å². The molecule has 1 aliphatic rings. The van der Waals surface area contributed by atoms with Gasteiger partial charge in [0.15, 0.2) is 0 Å². The third kappa shape index (κ3) is 2.59. The van der Waals surface area contributed by atoms with Crippen LogP contribution in [-0.2, 0) is 6.42 Å². The predicted octanol–water partition coefficient (Wildman–Crippen LogP) is 3.38. The molecule has 100 valence electrons. The molecule has 2 heteroatoms. The summed E-state index contributed by atoms with van der Waals surface area (Å²) in [5.41, 5.74) is 2.81. The SMILES string of the molecule is CNC(C1CCCc2cccnc21)C(C)C(C)C. The summed E-state index contributed by atoms with van der Waals surface area (Å²) in [5.74, 6) is 1.96. The van der Waals surface area contributed by atoms with Gasteiger partial charge in [0.05, 0.1) is 0 Å². The van der Waals surface area contributed by atoms with Crippen LogP contribution in [-0.4, -0.2) is 18.1 Å². The standard InChI is InChI=1S/C16H26N2/c1-11(2)12(3)15(17-4)14-9-5-7-13-8-6-10-18-16(13)14/h6,8,10-12,14-15,17H,5,7,9H2,1-4H3. The summed E-state index contributed by atoms with van der Waals surface area (Å²) >= 11 is 0. The second kappa shape index (κ2) is 5.83. The Balaban J connectivity index is 2.28. The number of hydrogen-bond donors (Lipinski definition) is 1. The maximum Gasteiger partial charge on any atom is 0.0482 e. The fourth-order valence-corrected chi connectivity index (χ4v) is 3.24. The molecular weight excluding hydrogens is 220 g/mol. The molecule has 1 heterocycles. The molecule has 2 nitrogen and oxygen atoms in total. The number of aryl methyl sites for hydroxylation is 1. The van der Waals surface area contributed by atoms with E-state index in [9.17, 15) is 0 Å². The van der Waals surface area contributed by atoms with Crippen LogP contribution in [0.3, 0.4) is 0 Å². The summed E-state index contributed by atoms with van der Waals surface area (Å²) in [7, 11) is 2.10. The van der Waals surface area contributed by atoms with E-state index in [4.69, 9.17) is 0 Å². The number of hydrogen-bond acceptors (Lipinski definition) is 2. The lowest BCUT2D eigenvalue weighted by Crippen LogP contribution is -2.41. The lowest BCUT2D eigenvalue weighted by molar-refractivity contribution is 0.257. The zero-order valence-electron chi connectivity index (χ0n) is 12.1. The molecule has 0 spiro atoms. The highest BCUT2D eigenvalue weighted by molar-refractivity contribution is 5.27. The molecule has 0 fully saturated rings. The zero-order chi connectivity index (χ0) is 13.1. The van der Waals surface area contributed by atoms with Gasteiger partial charge in [0.1, 0.15) is 0 Å². The normalized spacial score (nSPS) is 22.6. The van der Waals surface area contributed by atoms with Gasteiger partial charge < -0.3 is 5.32 Å². The summed E-state index contributed by atoms with van der Waals surface area (Å²) in [6.07, 6.45) is 5.72. The highest BCUT2D eigenvalue weighted by Crippen LogP contribution is 2.36. The number of nitrogens with one attached hydrogen (secondary N) is 1. The molecular formula is C16H26N2. The van der Waals surface area contributed by atoms with Crippen molar-refractivity contribution in [1.29, 1.82) is 0 Å². The van der Waals surface area contributed by atoms with Gasteiger partial charge in [0.2, 0.25) is 0 Å². The first-order valence-corrected chi connectivity index (χ1v) is 7.26. The smallest absolute Gasteiger partial charge is 0.0482 e. The van der Waals surface area contributed by atoms with Crippen LogP contribution in [0, 0.1) is 11.8 Å². The second-order valence-corrected chi connectivity index (χ2v) is 5.96. The molecule has 0 aromatic carbocycles. The van der Waals surface area contributed by atoms with E-state index in [2.05, 4.69) is 50.3 Å². The van der Waals surface area contributed by atoms with Crippen LogP contribution in [0.25, 0.3) is 0 Å². The predicted molar refractivity (Wildman–Crippen MR) is 76.8 cm³/mol. The summed E-state index contributed by atoms with van der Waals surface area (Å²) < 4.78 is 0. The van der Waals surface area contributed by atoms with E-state index in [1.807, 2.05) is 6.20 Å². The van der Waals surface area contributed by atoms with Crippen LogP contribution in [0.15, 0.2) is 18.3 Å². The molecule has 2 rings (SSSR count). The Bertz CT molecular complexity index is 386. The quantitative estimate of drug-likeness (QED) is 0.881. The van der Waals surface area contributed by atoms with E-state index in [0.29, 0.717) is 23.8 Å². The third-order valence-electron chi connectivity index (χ3n) is 4.62. The fourth-order valence-electron chi connectivity index (χ4n) is 3.24. The van der Waals surface area contributed by atoms with Crippen molar-refractivity contribution >= 4 is 0 Å². The first-order valence-electron chi connectivity index (χ1n) is 7.26. The average molecular weight is 246 g/mol. The van der Waals surface area contributed by atoms with Gasteiger partial charge >= 0.3 is 0 Å². The van der Waals surface area contributed by atoms with E-state index in [1.54, 1.807) is 0 Å². The van der Waals surface area contributed by atoms with Crippen molar-refractivity contribution in [3.63, 3.8) is 0 Å². The first-order chi connectivity index (χ1) is 8.65. The lowest BCUT2D eigenvalue weighted by Gasteiger charge is -2.36. The number of likely N-dealkylation sites (N-methyl/N-ethyl adjacent to an activating group) is 1. The highest BCUT2D eigenvalue weighted by atomic mass is 14.9. The highest BCUT2D eigenvalue weighted by Gasteiger charge is 2.32. The Morgan fingerprint density at radius 2 is 2.11 bits per heavy atom. The Kier molecular flexibility index (Phi) is 4.39. The Labute approximate surface area is 111 Å². The summed E-state index contributed by atoms with van der Waals surface area (Å²) in [6.45, 7) is 7.00. The molecule has 3 unspecified atom stereocenters. The van der Waals surface area contributed by atoms with Crippen molar-refractivity contribution in [3.05, 3.63) is 29.6 Å². The number of rotatable bonds is 4. The van der Waals surface area contributed by atoms with E-state index in [-0.39, 0.29) is 0 Å². The van der Waals surface area contributed by atoms with E-state index < -0.39 is 0 Å². The van der Waals surface area contributed by atoms with Crippen molar-refractivity contribution in [1.82, 2.24) is 10.3 Å². The van der Waals surface area contributed by atoms with Crippen LogP contribution in [0.2, 0.25) is 0 Å². The zero-order valence-corrected chi connectivity index (χ0v) is 12.1. The molecule has 1 aromatic heterocycles. The van der Waals surface area contributed by atoms with Crippen LogP contribution in [0.4, 0.5) is 0 Å². The summed E-state index contributed by atoms with van der Waals surface area (Å²) in [5, 5.41) is 3.55. The molecule has 0 saturated carbocycles. The van der Waals surface area contributed by atoms with Crippen molar-refractivity contribution in [2.75, 3.05) is 7.05 Å². The number of aromatic nitrogens is 1. The minimum absolute atomic E-state index is 0.541. The number of fused-ring (bicyclic) bond motifs is 1. The topological polar surface area (TPSA) is 24.9 Å². The van der Waals surface area contributed by atoms with Gasteiger partial charge in [-0.05, 0) is 49.8 Å². The molecule has 0 aliphatic heterocycles. The van der Waals surface area contributed by atoms with Gasteiger partial charge in [-0.25, -0.2) is 0 Å². The van der Waals surface area contributed by atoms with E-state index in [1.165, 1.54) is 30.5 Å². The maximum atomic E-state index is 4.67. The Hall–Kier alpha value is -0.890. The minimum Gasteiger partial charge on any atom is -0.316 e. The molecule has 3 atom stereocenters. The number of nitrogens with zero attached hydrogens (tertiary/aromatic N) is 1. The molecule has 1 aliphatic carbocycles. The van der Waals surface area contributed by atoms with Gasteiger partial charge in [0, 0.05) is 23.9 Å². The Morgan fingerprint density at radius 3 is 2.78 bits per heavy atom. The van der Waals surface area contributed by atoms with E-state index >= 15 is 0 Å². The molecule has 0 radical (unpaired) electrons. The summed E-state index contributed by atoms with van der Waals surface area (Å²) in [4.78, 5) is 4.67. The molecule has 1 N–H and O–H groups in total. The van der Waals surface area contributed by atoms with Crippen molar-refractivity contribution in [2.45, 2.75) is 52.0 Å². The van der Waals surface area contributed by atoms with Crippen LogP contribution < -0.4 is 5.32 Å². The van der Waals surface area contributed by atoms with Gasteiger partial charge in [-0.3, -0.25) is 4.98 Å².